The number of anilines is 2. The maximum atomic E-state index is 12.8. The minimum Gasteiger partial charge on any atom is -0.366 e. The zero-order valence-electron chi connectivity index (χ0n) is 18.1. The molecule has 5 rings (SSSR count). The number of para-hydroxylation sites is 1. The first-order chi connectivity index (χ1) is 15.9. The van der Waals surface area contributed by atoms with E-state index in [1.165, 1.54) is 4.68 Å². The largest absolute Gasteiger partial charge is 0.366 e. The fraction of sp³-hybridized carbons (Fsp3) is 0.250. The van der Waals surface area contributed by atoms with Gasteiger partial charge in [0.2, 0.25) is 0 Å². The third-order valence-electron chi connectivity index (χ3n) is 6.08. The molecule has 0 aliphatic carbocycles. The van der Waals surface area contributed by atoms with Crippen molar-refractivity contribution in [1.82, 2.24) is 14.7 Å². The van der Waals surface area contributed by atoms with E-state index in [1.807, 2.05) is 42.2 Å². The molecule has 3 aromatic rings. The van der Waals surface area contributed by atoms with E-state index in [9.17, 15) is 14.4 Å². The van der Waals surface area contributed by atoms with Gasteiger partial charge in [-0.3, -0.25) is 24.2 Å². The fourth-order valence-electron chi connectivity index (χ4n) is 4.28. The zero-order valence-corrected chi connectivity index (χ0v) is 18.8. The van der Waals surface area contributed by atoms with Gasteiger partial charge in [0.1, 0.15) is 5.02 Å². The molecule has 1 fully saturated rings. The second-order valence-electron chi connectivity index (χ2n) is 8.23. The number of hydrogen-bond donors (Lipinski definition) is 0. The summed E-state index contributed by atoms with van der Waals surface area (Å²) in [4.78, 5) is 43.4. The molecule has 1 amide bonds. The highest BCUT2D eigenvalue weighted by atomic mass is 35.5. The van der Waals surface area contributed by atoms with Crippen LogP contribution in [0, 0.1) is 6.92 Å². The second kappa shape index (κ2) is 8.46. The van der Waals surface area contributed by atoms with E-state index in [0.717, 1.165) is 5.56 Å². The number of carbonyl (C=O) groups excluding carboxylic acids is 2. The Hall–Kier alpha value is -3.49. The molecule has 3 heterocycles. The molecule has 2 aromatic carbocycles. The van der Waals surface area contributed by atoms with Crippen LogP contribution in [-0.2, 0) is 4.79 Å². The number of ketones is 1. The SMILES string of the molecule is Cc1ccc2c(c1)C(=O)C(=O)N2CN1CCN(c2cnn(-c3ccccc3)c(=O)c2Cl)CC1. The highest BCUT2D eigenvalue weighted by molar-refractivity contribution is 6.52. The van der Waals surface area contributed by atoms with Crippen LogP contribution in [0.25, 0.3) is 5.69 Å². The quantitative estimate of drug-likeness (QED) is 0.553. The van der Waals surface area contributed by atoms with Crippen molar-refractivity contribution in [3.63, 3.8) is 0 Å². The van der Waals surface area contributed by atoms with Gasteiger partial charge in [-0.05, 0) is 31.2 Å². The molecule has 9 heteroatoms. The van der Waals surface area contributed by atoms with Crippen molar-refractivity contribution in [2.45, 2.75) is 6.92 Å². The molecule has 168 valence electrons. The molecule has 8 nitrogen and oxygen atoms in total. The molecule has 0 atom stereocenters. The normalized spacial score (nSPS) is 16.4. The number of aryl methyl sites for hydroxylation is 1. The van der Waals surface area contributed by atoms with Crippen LogP contribution in [0.4, 0.5) is 11.4 Å². The van der Waals surface area contributed by atoms with Gasteiger partial charge >= 0.3 is 5.91 Å². The lowest BCUT2D eigenvalue weighted by molar-refractivity contribution is -0.114. The van der Waals surface area contributed by atoms with Crippen LogP contribution >= 0.6 is 11.6 Å². The van der Waals surface area contributed by atoms with Gasteiger partial charge in [-0.15, -0.1) is 0 Å². The van der Waals surface area contributed by atoms with Crippen LogP contribution in [0.1, 0.15) is 15.9 Å². The van der Waals surface area contributed by atoms with E-state index >= 15 is 0 Å². The zero-order chi connectivity index (χ0) is 23.1. The maximum absolute atomic E-state index is 12.8. The van der Waals surface area contributed by atoms with Crippen molar-refractivity contribution in [1.29, 1.82) is 0 Å². The summed E-state index contributed by atoms with van der Waals surface area (Å²) >= 11 is 6.44. The lowest BCUT2D eigenvalue weighted by Gasteiger charge is -2.37. The van der Waals surface area contributed by atoms with E-state index < -0.39 is 11.7 Å². The summed E-state index contributed by atoms with van der Waals surface area (Å²) in [6, 6.07) is 14.6. The summed E-state index contributed by atoms with van der Waals surface area (Å²) in [7, 11) is 0. The van der Waals surface area contributed by atoms with Crippen molar-refractivity contribution in [2.75, 3.05) is 42.6 Å². The van der Waals surface area contributed by atoms with Gasteiger partial charge in [-0.1, -0.05) is 41.4 Å². The summed E-state index contributed by atoms with van der Waals surface area (Å²) in [6.07, 6.45) is 1.62. The molecular formula is C24H22ClN5O3. The summed E-state index contributed by atoms with van der Waals surface area (Å²) in [5, 5.41) is 4.44. The van der Waals surface area contributed by atoms with Crippen LogP contribution in [0.2, 0.25) is 5.02 Å². The summed E-state index contributed by atoms with van der Waals surface area (Å²) in [6.45, 7) is 4.78. The standard InChI is InChI=1S/C24H22ClN5O3/c1-16-7-8-19-18(13-16)22(31)24(33)29(19)15-27-9-11-28(12-10-27)20-14-26-30(23(32)21(20)25)17-5-3-2-4-6-17/h2-8,13-14H,9-12,15H2,1H3. The Morgan fingerprint density at radius 1 is 0.939 bits per heavy atom. The molecule has 2 aliphatic heterocycles. The number of carbonyl (C=O) groups is 2. The van der Waals surface area contributed by atoms with Crippen molar-refractivity contribution >= 4 is 34.7 Å². The topological polar surface area (TPSA) is 78.8 Å². The number of fused-ring (bicyclic) bond motifs is 1. The molecular weight excluding hydrogens is 442 g/mol. The van der Waals surface area contributed by atoms with Gasteiger partial charge in [-0.2, -0.15) is 9.78 Å². The Balaban J connectivity index is 1.29. The first-order valence-corrected chi connectivity index (χ1v) is 11.1. The van der Waals surface area contributed by atoms with E-state index in [-0.39, 0.29) is 10.6 Å². The van der Waals surface area contributed by atoms with Gasteiger partial charge in [0.25, 0.3) is 11.3 Å². The number of benzene rings is 2. The first kappa shape index (κ1) is 21.4. The van der Waals surface area contributed by atoms with Crippen LogP contribution in [0.3, 0.4) is 0 Å². The average Bonchev–Trinajstić information content (AvgIpc) is 3.06. The number of aromatic nitrogens is 2. The third-order valence-corrected chi connectivity index (χ3v) is 6.44. The highest BCUT2D eigenvalue weighted by Gasteiger charge is 2.37. The first-order valence-electron chi connectivity index (χ1n) is 10.7. The predicted octanol–water partition coefficient (Wildman–Crippen LogP) is 2.50. The summed E-state index contributed by atoms with van der Waals surface area (Å²) in [5.41, 5.74) is 2.97. The van der Waals surface area contributed by atoms with E-state index in [1.54, 1.807) is 29.3 Å². The molecule has 2 aliphatic rings. The highest BCUT2D eigenvalue weighted by Crippen LogP contribution is 2.30. The molecule has 33 heavy (non-hydrogen) atoms. The molecule has 1 saturated heterocycles. The van der Waals surface area contributed by atoms with E-state index in [2.05, 4.69) is 10.00 Å². The number of piperazine rings is 1. The van der Waals surface area contributed by atoms with Gasteiger partial charge in [0.05, 0.1) is 35.5 Å². The molecule has 1 aromatic heterocycles. The van der Waals surface area contributed by atoms with Crippen LogP contribution in [0.5, 0.6) is 0 Å². The molecule has 0 radical (unpaired) electrons. The van der Waals surface area contributed by atoms with E-state index in [0.29, 0.717) is 55.5 Å². The third kappa shape index (κ3) is 3.81. The lowest BCUT2D eigenvalue weighted by Crippen LogP contribution is -2.51. The fourth-order valence-corrected chi connectivity index (χ4v) is 4.53. The average molecular weight is 464 g/mol. The van der Waals surface area contributed by atoms with Crippen molar-refractivity contribution in [3.8, 4) is 5.69 Å². The number of halogens is 1. The monoisotopic (exact) mass is 463 g/mol. The lowest BCUT2D eigenvalue weighted by atomic mass is 10.1. The molecule has 0 N–H and O–H groups in total. The minimum absolute atomic E-state index is 0.131. The Morgan fingerprint density at radius 2 is 1.67 bits per heavy atom. The number of hydrogen-bond acceptors (Lipinski definition) is 6. The van der Waals surface area contributed by atoms with Gasteiger partial charge in [0, 0.05) is 26.2 Å². The Labute approximate surface area is 195 Å². The molecule has 0 saturated carbocycles. The number of rotatable bonds is 4. The smallest absolute Gasteiger partial charge is 0.300 e. The molecule has 0 spiro atoms. The van der Waals surface area contributed by atoms with Gasteiger partial charge in [0.15, 0.2) is 0 Å². The summed E-state index contributed by atoms with van der Waals surface area (Å²) < 4.78 is 1.29. The number of nitrogens with zero attached hydrogens (tertiary/aromatic N) is 5. The van der Waals surface area contributed by atoms with Crippen LogP contribution < -0.4 is 15.4 Å². The Morgan fingerprint density at radius 3 is 2.39 bits per heavy atom. The van der Waals surface area contributed by atoms with Crippen LogP contribution in [0.15, 0.2) is 59.5 Å². The minimum atomic E-state index is -0.491. The van der Waals surface area contributed by atoms with Crippen molar-refractivity contribution < 1.29 is 9.59 Å². The maximum Gasteiger partial charge on any atom is 0.300 e. The molecule has 0 bridgehead atoms. The van der Waals surface area contributed by atoms with Crippen molar-refractivity contribution in [2.24, 2.45) is 0 Å². The number of amides is 1. The predicted molar refractivity (Wildman–Crippen MR) is 126 cm³/mol. The number of Topliss-reactive ketones (excluding diaryl/α,β-unsaturated/α-hetero) is 1. The van der Waals surface area contributed by atoms with Crippen molar-refractivity contribution in [3.05, 3.63) is 81.2 Å². The van der Waals surface area contributed by atoms with Gasteiger partial charge in [-0.25, -0.2) is 0 Å². The Bertz CT molecular complexity index is 1300. The van der Waals surface area contributed by atoms with Gasteiger partial charge < -0.3 is 4.90 Å². The summed E-state index contributed by atoms with van der Waals surface area (Å²) in [5.74, 6) is -0.945. The van der Waals surface area contributed by atoms with Crippen LogP contribution in [-0.4, -0.2) is 59.2 Å². The van der Waals surface area contributed by atoms with E-state index in [4.69, 9.17) is 11.6 Å². The Kier molecular flexibility index (Phi) is 5.47. The molecule has 0 unspecified atom stereocenters. The second-order valence-corrected chi connectivity index (χ2v) is 8.60.